The number of nitriles is 2. The first kappa shape index (κ1) is 28.9. The van der Waals surface area contributed by atoms with Crippen LogP contribution in [0.15, 0.2) is 18.3 Å². The lowest BCUT2D eigenvalue weighted by atomic mass is 9.88. The van der Waals surface area contributed by atoms with Crippen LogP contribution in [0.4, 0.5) is 22.5 Å². The van der Waals surface area contributed by atoms with Crippen LogP contribution in [0.1, 0.15) is 52.9 Å². The van der Waals surface area contributed by atoms with E-state index in [9.17, 15) is 10.5 Å². The molecule has 0 aromatic carbocycles. The van der Waals surface area contributed by atoms with E-state index in [1.165, 1.54) is 11.3 Å². The molecule has 1 spiro atoms. The fourth-order valence-electron chi connectivity index (χ4n) is 6.98. The van der Waals surface area contributed by atoms with Gasteiger partial charge in [-0.25, -0.2) is 4.98 Å². The lowest BCUT2D eigenvalue weighted by Crippen LogP contribution is -2.57. The number of thiophene rings is 1. The van der Waals surface area contributed by atoms with Gasteiger partial charge < -0.3 is 30.7 Å². The van der Waals surface area contributed by atoms with Crippen molar-refractivity contribution >= 4 is 45.6 Å². The molecule has 7 rings (SSSR count). The molecule has 0 radical (unpaired) electrons. The topological polar surface area (TPSA) is 166 Å². The van der Waals surface area contributed by atoms with Crippen LogP contribution < -0.4 is 26.0 Å². The molecule has 3 aromatic rings. The second-order valence-corrected chi connectivity index (χ2v) is 14.3. The first-order chi connectivity index (χ1) is 21.3. The summed E-state index contributed by atoms with van der Waals surface area (Å²) in [5, 5.41) is 20.9. The van der Waals surface area contributed by atoms with Gasteiger partial charge in [0.05, 0.1) is 29.6 Å². The summed E-state index contributed by atoms with van der Waals surface area (Å²) in [4.78, 5) is 21.6. The molecule has 0 aliphatic carbocycles. The number of morpholine rings is 1. The maximum absolute atomic E-state index is 10.5. The molecule has 0 saturated carbocycles. The third-order valence-electron chi connectivity index (χ3n) is 9.43. The molecule has 3 fully saturated rings. The van der Waals surface area contributed by atoms with E-state index >= 15 is 0 Å². The highest BCUT2D eigenvalue weighted by molar-refractivity contribution is 8.00. The number of thioether (sulfide) groups is 1. The van der Waals surface area contributed by atoms with Crippen LogP contribution in [0.3, 0.4) is 0 Å². The van der Waals surface area contributed by atoms with Gasteiger partial charge in [-0.1, -0.05) is 6.07 Å². The standard InChI is InChI=1S/C30H34N10O2S2/c1-17(20-4-3-7-35-25(20)33)38(2)27-22(11-32)28(37-29(36-27)42-13-19-6-5-18-12-41-9-8-40(18)19)39-15-30(16-39)24-21(10-31)26(34)44-23(24)14-43-30/h3-4,7,17-19H,5-6,8-9,12-16,34H2,1-2H3,(H2,33,35)/t17-,18+,19+/m1/s1. The fourth-order valence-corrected chi connectivity index (χ4v) is 9.78. The Bertz CT molecular complexity index is 1680. The number of nitrogens with two attached hydrogens (primary N) is 2. The number of hydrogen-bond acceptors (Lipinski definition) is 14. The van der Waals surface area contributed by atoms with Crippen LogP contribution in [-0.4, -0.2) is 78.4 Å². The molecule has 0 unspecified atom stereocenters. The van der Waals surface area contributed by atoms with E-state index in [0.717, 1.165) is 54.4 Å². The molecule has 0 bridgehead atoms. The Hall–Kier alpha value is -3.82. The van der Waals surface area contributed by atoms with Gasteiger partial charge in [-0.3, -0.25) is 4.90 Å². The smallest absolute Gasteiger partial charge is 0.320 e. The minimum Gasteiger partial charge on any atom is -0.462 e. The monoisotopic (exact) mass is 630 g/mol. The summed E-state index contributed by atoms with van der Waals surface area (Å²) in [5.74, 6) is 2.25. The molecule has 7 heterocycles. The van der Waals surface area contributed by atoms with E-state index in [2.05, 4.69) is 26.9 Å². The summed E-state index contributed by atoms with van der Waals surface area (Å²) in [5.41, 5.74) is 15.3. The molecule has 3 aromatic heterocycles. The zero-order valence-electron chi connectivity index (χ0n) is 24.7. The molecular weight excluding hydrogens is 597 g/mol. The number of rotatable bonds is 7. The maximum atomic E-state index is 10.5. The van der Waals surface area contributed by atoms with Crippen LogP contribution in [0.25, 0.3) is 0 Å². The van der Waals surface area contributed by atoms with Crippen molar-refractivity contribution in [2.75, 3.05) is 67.8 Å². The van der Waals surface area contributed by atoms with Crippen molar-refractivity contribution in [3.05, 3.63) is 45.5 Å². The Labute approximate surface area is 264 Å². The van der Waals surface area contributed by atoms with Crippen LogP contribution in [-0.2, 0) is 15.2 Å². The highest BCUT2D eigenvalue weighted by Gasteiger charge is 2.53. The number of anilines is 4. The van der Waals surface area contributed by atoms with Crippen molar-refractivity contribution in [2.45, 2.75) is 48.4 Å². The zero-order valence-corrected chi connectivity index (χ0v) is 26.3. The Balaban J connectivity index is 1.22. The number of hydrogen-bond donors (Lipinski definition) is 2. The third-order valence-corrected chi connectivity index (χ3v) is 12.1. The predicted octanol–water partition coefficient (Wildman–Crippen LogP) is 3.24. The van der Waals surface area contributed by atoms with Gasteiger partial charge in [0, 0.05) is 66.7 Å². The molecule has 4 aliphatic heterocycles. The first-order valence-electron chi connectivity index (χ1n) is 14.8. The molecule has 0 amide bonds. The summed E-state index contributed by atoms with van der Waals surface area (Å²) < 4.78 is 11.8. The van der Waals surface area contributed by atoms with E-state index in [4.69, 9.17) is 30.9 Å². The fraction of sp³-hybridized carbons (Fsp3) is 0.500. The second-order valence-electron chi connectivity index (χ2n) is 11.8. The Morgan fingerprint density at radius 1 is 1.23 bits per heavy atom. The van der Waals surface area contributed by atoms with Crippen molar-refractivity contribution in [3.8, 4) is 18.1 Å². The number of ether oxygens (including phenoxy) is 2. The molecule has 228 valence electrons. The average Bonchev–Trinajstić information content (AvgIpc) is 3.70. The lowest BCUT2D eigenvalue weighted by molar-refractivity contribution is -0.0101. The van der Waals surface area contributed by atoms with Crippen LogP contribution in [0.5, 0.6) is 6.01 Å². The van der Waals surface area contributed by atoms with Crippen molar-refractivity contribution in [1.29, 1.82) is 10.5 Å². The molecule has 3 saturated heterocycles. The summed E-state index contributed by atoms with van der Waals surface area (Å²) in [7, 11) is 1.90. The molecule has 12 nitrogen and oxygen atoms in total. The van der Waals surface area contributed by atoms with E-state index < -0.39 is 0 Å². The van der Waals surface area contributed by atoms with Crippen LogP contribution in [0, 0.1) is 22.7 Å². The zero-order chi connectivity index (χ0) is 30.6. The van der Waals surface area contributed by atoms with Gasteiger partial charge in [0.1, 0.15) is 35.1 Å². The first-order valence-corrected chi connectivity index (χ1v) is 16.6. The van der Waals surface area contributed by atoms with Crippen LogP contribution in [0.2, 0.25) is 0 Å². The molecular formula is C30H34N10O2S2. The van der Waals surface area contributed by atoms with E-state index in [1.807, 2.05) is 42.8 Å². The largest absolute Gasteiger partial charge is 0.462 e. The highest BCUT2D eigenvalue weighted by Crippen LogP contribution is 2.58. The number of nitrogens with zero attached hydrogens (tertiary/aromatic N) is 8. The summed E-state index contributed by atoms with van der Waals surface area (Å²) >= 11 is 3.34. The van der Waals surface area contributed by atoms with Gasteiger partial charge in [0.2, 0.25) is 0 Å². The van der Waals surface area contributed by atoms with Gasteiger partial charge >= 0.3 is 6.01 Å². The van der Waals surface area contributed by atoms with Crippen molar-refractivity contribution in [1.82, 2.24) is 19.9 Å². The van der Waals surface area contributed by atoms with E-state index in [0.29, 0.717) is 59.3 Å². The number of aromatic nitrogens is 3. The van der Waals surface area contributed by atoms with Crippen molar-refractivity contribution < 1.29 is 9.47 Å². The van der Waals surface area contributed by atoms with Gasteiger partial charge in [0.15, 0.2) is 11.6 Å². The highest BCUT2D eigenvalue weighted by atomic mass is 32.2. The maximum Gasteiger partial charge on any atom is 0.320 e. The Kier molecular flexibility index (Phi) is 7.41. The molecule has 4 N–H and O–H groups in total. The minimum atomic E-state index is -0.258. The normalized spacial score (nSPS) is 22.5. The van der Waals surface area contributed by atoms with Crippen molar-refractivity contribution in [3.63, 3.8) is 0 Å². The Morgan fingerprint density at radius 2 is 2.05 bits per heavy atom. The predicted molar refractivity (Wildman–Crippen MR) is 171 cm³/mol. The summed E-state index contributed by atoms with van der Waals surface area (Å²) in [6.07, 6.45) is 3.77. The summed E-state index contributed by atoms with van der Waals surface area (Å²) in [6, 6.07) is 9.20. The van der Waals surface area contributed by atoms with Gasteiger partial charge in [-0.05, 0) is 25.8 Å². The van der Waals surface area contributed by atoms with E-state index in [1.54, 1.807) is 6.20 Å². The number of pyridine rings is 1. The molecule has 14 heteroatoms. The SMILES string of the molecule is C[C@H](c1cccnc1N)N(C)c1nc(OC[C@@H]2CC[C@H]3COCCN32)nc(N2CC3(C2)SCc2sc(N)c(C#N)c23)c1C#N. The quantitative estimate of drug-likeness (QED) is 0.391. The van der Waals surface area contributed by atoms with Crippen LogP contribution >= 0.6 is 23.1 Å². The average molecular weight is 631 g/mol. The summed E-state index contributed by atoms with van der Waals surface area (Å²) in [6.45, 7) is 6.06. The molecule has 44 heavy (non-hydrogen) atoms. The van der Waals surface area contributed by atoms with Crippen molar-refractivity contribution in [2.24, 2.45) is 0 Å². The third kappa shape index (κ3) is 4.68. The van der Waals surface area contributed by atoms with Gasteiger partial charge in [-0.15, -0.1) is 23.1 Å². The minimum absolute atomic E-state index is 0.224. The lowest BCUT2D eigenvalue weighted by Gasteiger charge is -2.48. The number of fused-ring (bicyclic) bond motifs is 3. The van der Waals surface area contributed by atoms with Gasteiger partial charge in [0.25, 0.3) is 0 Å². The second kappa shape index (κ2) is 11.3. The number of nitrogen functional groups attached to an aromatic ring is 2. The Morgan fingerprint density at radius 3 is 2.82 bits per heavy atom. The van der Waals surface area contributed by atoms with E-state index in [-0.39, 0.29) is 22.8 Å². The van der Waals surface area contributed by atoms with Gasteiger partial charge in [-0.2, -0.15) is 20.5 Å². The molecule has 3 atom stereocenters. The molecule has 4 aliphatic rings.